The van der Waals surface area contributed by atoms with Crippen molar-refractivity contribution >= 4 is 23.6 Å². The first-order chi connectivity index (χ1) is 16.0. The molecule has 174 valence electrons. The van der Waals surface area contributed by atoms with E-state index in [2.05, 4.69) is 20.8 Å². The lowest BCUT2D eigenvalue weighted by Crippen LogP contribution is -2.30. The number of thioether (sulfide) groups is 1. The lowest BCUT2D eigenvalue weighted by atomic mass is 10.1. The van der Waals surface area contributed by atoms with Gasteiger partial charge in [0.05, 0.1) is 12.3 Å². The summed E-state index contributed by atoms with van der Waals surface area (Å²) in [6.45, 7) is 7.15. The van der Waals surface area contributed by atoms with Crippen LogP contribution in [-0.2, 0) is 29.2 Å². The summed E-state index contributed by atoms with van der Waals surface area (Å²) in [6, 6.07) is 15.6. The highest BCUT2D eigenvalue weighted by Crippen LogP contribution is 2.22. The SMILES string of the molecule is CCn1c(CNC(=O)COc2c(C)cccc2C)nnc1SCC(=O)NCc1ccccc1. The van der Waals surface area contributed by atoms with E-state index in [0.717, 1.165) is 22.4 Å². The molecule has 9 heteroatoms. The van der Waals surface area contributed by atoms with Gasteiger partial charge in [-0.2, -0.15) is 0 Å². The van der Waals surface area contributed by atoms with Crippen LogP contribution in [0.1, 0.15) is 29.4 Å². The summed E-state index contributed by atoms with van der Waals surface area (Å²) in [5.41, 5.74) is 3.03. The molecule has 2 aromatic carbocycles. The van der Waals surface area contributed by atoms with Gasteiger partial charge in [0.1, 0.15) is 5.75 Å². The molecule has 2 amide bonds. The third-order valence-electron chi connectivity index (χ3n) is 4.97. The Balaban J connectivity index is 1.46. The van der Waals surface area contributed by atoms with Crippen molar-refractivity contribution < 1.29 is 14.3 Å². The van der Waals surface area contributed by atoms with E-state index >= 15 is 0 Å². The molecule has 0 fully saturated rings. The number of amides is 2. The van der Waals surface area contributed by atoms with Gasteiger partial charge in [0, 0.05) is 13.1 Å². The van der Waals surface area contributed by atoms with Gasteiger partial charge in [-0.3, -0.25) is 9.59 Å². The van der Waals surface area contributed by atoms with Gasteiger partial charge in [-0.1, -0.05) is 60.3 Å². The minimum atomic E-state index is -0.238. The fourth-order valence-electron chi connectivity index (χ4n) is 3.25. The maximum Gasteiger partial charge on any atom is 0.258 e. The smallest absolute Gasteiger partial charge is 0.258 e. The predicted molar refractivity (Wildman–Crippen MR) is 128 cm³/mol. The zero-order valence-electron chi connectivity index (χ0n) is 19.1. The molecule has 0 unspecified atom stereocenters. The molecule has 0 radical (unpaired) electrons. The summed E-state index contributed by atoms with van der Waals surface area (Å²) in [7, 11) is 0. The van der Waals surface area contributed by atoms with E-state index in [1.807, 2.05) is 73.9 Å². The zero-order valence-corrected chi connectivity index (χ0v) is 19.9. The van der Waals surface area contributed by atoms with Crippen LogP contribution in [0.25, 0.3) is 0 Å². The van der Waals surface area contributed by atoms with E-state index in [-0.39, 0.29) is 30.7 Å². The van der Waals surface area contributed by atoms with Crippen LogP contribution < -0.4 is 15.4 Å². The number of nitrogens with one attached hydrogen (secondary N) is 2. The van der Waals surface area contributed by atoms with E-state index < -0.39 is 0 Å². The Morgan fingerprint density at radius 1 is 0.939 bits per heavy atom. The Morgan fingerprint density at radius 2 is 1.64 bits per heavy atom. The molecule has 0 aliphatic carbocycles. The number of benzene rings is 2. The molecule has 0 saturated carbocycles. The molecule has 0 atom stereocenters. The van der Waals surface area contributed by atoms with E-state index in [4.69, 9.17) is 4.74 Å². The van der Waals surface area contributed by atoms with Crippen molar-refractivity contribution in [3.8, 4) is 5.75 Å². The average molecular weight is 468 g/mol. The van der Waals surface area contributed by atoms with Crippen LogP contribution in [0.5, 0.6) is 5.75 Å². The minimum absolute atomic E-state index is 0.0743. The molecule has 33 heavy (non-hydrogen) atoms. The Morgan fingerprint density at radius 3 is 2.33 bits per heavy atom. The van der Waals surface area contributed by atoms with Crippen molar-refractivity contribution in [2.24, 2.45) is 0 Å². The molecule has 0 aliphatic heterocycles. The van der Waals surface area contributed by atoms with E-state index in [0.29, 0.717) is 24.1 Å². The van der Waals surface area contributed by atoms with Gasteiger partial charge in [-0.15, -0.1) is 10.2 Å². The van der Waals surface area contributed by atoms with Crippen molar-refractivity contribution in [2.75, 3.05) is 12.4 Å². The largest absolute Gasteiger partial charge is 0.483 e. The van der Waals surface area contributed by atoms with Crippen molar-refractivity contribution in [2.45, 2.75) is 45.6 Å². The third-order valence-corrected chi connectivity index (χ3v) is 5.94. The Bertz CT molecular complexity index is 1060. The van der Waals surface area contributed by atoms with Crippen molar-refractivity contribution in [1.82, 2.24) is 25.4 Å². The topological polar surface area (TPSA) is 98.1 Å². The number of aryl methyl sites for hydroxylation is 2. The van der Waals surface area contributed by atoms with Crippen LogP contribution >= 0.6 is 11.8 Å². The quantitative estimate of drug-likeness (QED) is 0.421. The standard InChI is InChI=1S/C24H29N5O3S/c1-4-29-20(14-26-21(30)15-32-23-17(2)9-8-10-18(23)3)27-28-24(29)33-16-22(31)25-13-19-11-6-5-7-12-19/h5-12H,4,13-16H2,1-3H3,(H,25,31)(H,26,30). The van der Waals surface area contributed by atoms with Crippen LogP contribution in [0.15, 0.2) is 53.7 Å². The molecule has 8 nitrogen and oxygen atoms in total. The number of carbonyl (C=O) groups is 2. The summed E-state index contributed by atoms with van der Waals surface area (Å²) in [5, 5.41) is 14.7. The van der Waals surface area contributed by atoms with Gasteiger partial charge >= 0.3 is 0 Å². The molecule has 1 heterocycles. The molecule has 3 aromatic rings. The van der Waals surface area contributed by atoms with Crippen LogP contribution in [0.4, 0.5) is 0 Å². The normalized spacial score (nSPS) is 10.6. The highest BCUT2D eigenvalue weighted by Gasteiger charge is 2.14. The Labute approximate surface area is 198 Å². The first kappa shape index (κ1) is 24.3. The average Bonchev–Trinajstić information content (AvgIpc) is 3.22. The second-order valence-corrected chi connectivity index (χ2v) is 8.42. The minimum Gasteiger partial charge on any atom is -0.483 e. The molecule has 1 aromatic heterocycles. The van der Waals surface area contributed by atoms with Gasteiger partial charge < -0.3 is 19.9 Å². The molecule has 0 saturated heterocycles. The third kappa shape index (κ3) is 7.08. The van der Waals surface area contributed by atoms with Crippen molar-refractivity contribution in [1.29, 1.82) is 0 Å². The van der Waals surface area contributed by atoms with Gasteiger partial charge in [0.15, 0.2) is 17.6 Å². The molecule has 0 bridgehead atoms. The Hall–Kier alpha value is -3.33. The summed E-state index contributed by atoms with van der Waals surface area (Å²) >= 11 is 1.32. The van der Waals surface area contributed by atoms with Crippen LogP contribution in [0.2, 0.25) is 0 Å². The number of para-hydroxylation sites is 1. The lowest BCUT2D eigenvalue weighted by Gasteiger charge is -2.12. The van der Waals surface area contributed by atoms with Crippen molar-refractivity contribution in [3.05, 3.63) is 71.0 Å². The molecule has 3 rings (SSSR count). The molecule has 0 spiro atoms. The first-order valence-corrected chi connectivity index (χ1v) is 11.8. The highest BCUT2D eigenvalue weighted by molar-refractivity contribution is 7.99. The second-order valence-electron chi connectivity index (χ2n) is 7.48. The Kier molecular flexibility index (Phi) is 8.88. The van der Waals surface area contributed by atoms with Crippen LogP contribution in [-0.4, -0.2) is 38.9 Å². The van der Waals surface area contributed by atoms with Crippen molar-refractivity contribution in [3.63, 3.8) is 0 Å². The number of nitrogens with zero attached hydrogens (tertiary/aromatic N) is 3. The lowest BCUT2D eigenvalue weighted by molar-refractivity contribution is -0.123. The second kappa shape index (κ2) is 12.1. The van der Waals surface area contributed by atoms with E-state index in [9.17, 15) is 9.59 Å². The molecular weight excluding hydrogens is 438 g/mol. The van der Waals surface area contributed by atoms with Crippen LogP contribution in [0, 0.1) is 13.8 Å². The van der Waals surface area contributed by atoms with Crippen LogP contribution in [0.3, 0.4) is 0 Å². The summed E-state index contributed by atoms with van der Waals surface area (Å²) in [4.78, 5) is 24.5. The van der Waals surface area contributed by atoms with Gasteiger partial charge in [0.25, 0.3) is 5.91 Å². The van der Waals surface area contributed by atoms with E-state index in [1.54, 1.807) is 0 Å². The van der Waals surface area contributed by atoms with Gasteiger partial charge in [0.2, 0.25) is 5.91 Å². The number of aromatic nitrogens is 3. The molecule has 2 N–H and O–H groups in total. The van der Waals surface area contributed by atoms with Gasteiger partial charge in [-0.25, -0.2) is 0 Å². The number of hydrogen-bond acceptors (Lipinski definition) is 6. The van der Waals surface area contributed by atoms with E-state index in [1.165, 1.54) is 11.8 Å². The fraction of sp³-hybridized carbons (Fsp3) is 0.333. The summed E-state index contributed by atoms with van der Waals surface area (Å²) in [5.74, 6) is 1.28. The summed E-state index contributed by atoms with van der Waals surface area (Å²) < 4.78 is 7.59. The molecule has 0 aliphatic rings. The summed E-state index contributed by atoms with van der Waals surface area (Å²) in [6.07, 6.45) is 0. The molecular formula is C24H29N5O3S. The maximum absolute atomic E-state index is 12.3. The first-order valence-electron chi connectivity index (χ1n) is 10.8. The number of rotatable bonds is 11. The predicted octanol–water partition coefficient (Wildman–Crippen LogP) is 3.02. The number of ether oxygens (including phenoxy) is 1. The highest BCUT2D eigenvalue weighted by atomic mass is 32.2. The van der Waals surface area contributed by atoms with Gasteiger partial charge in [-0.05, 0) is 37.5 Å². The zero-order chi connectivity index (χ0) is 23.6. The monoisotopic (exact) mass is 467 g/mol. The number of hydrogen-bond donors (Lipinski definition) is 2. The fourth-order valence-corrected chi connectivity index (χ4v) is 4.10. The number of carbonyl (C=O) groups excluding carboxylic acids is 2. The maximum atomic E-state index is 12.3.